The smallest absolute Gasteiger partial charge is 0.113 e. The van der Waals surface area contributed by atoms with Crippen molar-refractivity contribution in [3.63, 3.8) is 0 Å². The lowest BCUT2D eigenvalue weighted by Gasteiger charge is -2.13. The van der Waals surface area contributed by atoms with E-state index in [0.29, 0.717) is 0 Å². The minimum absolute atomic E-state index is 0.739. The lowest BCUT2D eigenvalue weighted by atomic mass is 9.97. The predicted molar refractivity (Wildman–Crippen MR) is 60.3 cm³/mol. The van der Waals surface area contributed by atoms with E-state index in [1.54, 1.807) is 0 Å². The Bertz CT molecular complexity index is 440. The van der Waals surface area contributed by atoms with E-state index in [1.165, 1.54) is 22.5 Å². The molecule has 0 fully saturated rings. The zero-order chi connectivity index (χ0) is 10.1. The molecule has 0 saturated heterocycles. The molecule has 2 aliphatic rings. The largest absolute Gasteiger partial charge is 0.493 e. The zero-order valence-electron chi connectivity index (χ0n) is 8.70. The van der Waals surface area contributed by atoms with Gasteiger partial charge in [-0.1, -0.05) is 36.4 Å². The van der Waals surface area contributed by atoms with Crippen molar-refractivity contribution in [2.24, 2.45) is 0 Å². The highest BCUT2D eigenvalue weighted by Crippen LogP contribution is 2.28. The Morgan fingerprint density at radius 3 is 2.87 bits per heavy atom. The second-order valence-corrected chi connectivity index (χ2v) is 4.12. The van der Waals surface area contributed by atoms with Crippen molar-refractivity contribution in [1.82, 2.24) is 0 Å². The molecule has 0 spiro atoms. The Labute approximate surface area is 90.1 Å². The summed E-state index contributed by atoms with van der Waals surface area (Å²) in [6.45, 7) is 0.739. The molecule has 0 atom stereocenters. The van der Waals surface area contributed by atoms with Crippen LogP contribution in [0.25, 0.3) is 0 Å². The standard InChI is InChI=1S/C14H14O/c1-2-7-13-10-15-14-8-4-3-6-12(14)9-11(13)5-1/h1-3,5-7H,4,8-10H2. The fourth-order valence-corrected chi connectivity index (χ4v) is 2.26. The molecule has 0 N–H and O–H groups in total. The van der Waals surface area contributed by atoms with Gasteiger partial charge in [0.25, 0.3) is 0 Å². The molecular weight excluding hydrogens is 184 g/mol. The number of allylic oxidation sites excluding steroid dienone is 4. The summed E-state index contributed by atoms with van der Waals surface area (Å²) in [7, 11) is 0. The monoisotopic (exact) mass is 198 g/mol. The lowest BCUT2D eigenvalue weighted by Crippen LogP contribution is -1.97. The van der Waals surface area contributed by atoms with Crippen LogP contribution in [-0.2, 0) is 17.8 Å². The number of hydrogen-bond donors (Lipinski definition) is 0. The van der Waals surface area contributed by atoms with Crippen LogP contribution in [0.15, 0.2) is 47.7 Å². The number of ether oxygens (including phenoxy) is 1. The van der Waals surface area contributed by atoms with Gasteiger partial charge in [0, 0.05) is 12.8 Å². The van der Waals surface area contributed by atoms with Crippen LogP contribution in [-0.4, -0.2) is 0 Å². The molecule has 1 aromatic rings. The summed E-state index contributed by atoms with van der Waals surface area (Å²) in [5.74, 6) is 1.20. The summed E-state index contributed by atoms with van der Waals surface area (Å²) in [6, 6.07) is 8.56. The van der Waals surface area contributed by atoms with Gasteiger partial charge in [-0.15, -0.1) is 0 Å². The van der Waals surface area contributed by atoms with E-state index in [-0.39, 0.29) is 0 Å². The van der Waals surface area contributed by atoms with Gasteiger partial charge in [-0.05, 0) is 23.1 Å². The Hall–Kier alpha value is -1.50. The molecule has 1 aromatic carbocycles. The number of fused-ring (bicyclic) bond motifs is 1. The molecule has 15 heavy (non-hydrogen) atoms. The summed E-state index contributed by atoms with van der Waals surface area (Å²) in [5.41, 5.74) is 4.11. The number of rotatable bonds is 0. The van der Waals surface area contributed by atoms with Gasteiger partial charge in [-0.2, -0.15) is 0 Å². The first-order chi connectivity index (χ1) is 7.43. The van der Waals surface area contributed by atoms with Crippen molar-refractivity contribution in [3.05, 3.63) is 58.9 Å². The van der Waals surface area contributed by atoms with Gasteiger partial charge in [0.1, 0.15) is 12.4 Å². The van der Waals surface area contributed by atoms with Gasteiger partial charge < -0.3 is 4.74 Å². The summed E-state index contributed by atoms with van der Waals surface area (Å²) >= 11 is 0. The molecule has 0 aromatic heterocycles. The molecular formula is C14H14O. The highest BCUT2D eigenvalue weighted by molar-refractivity contribution is 5.38. The van der Waals surface area contributed by atoms with Gasteiger partial charge in [-0.3, -0.25) is 0 Å². The Kier molecular flexibility index (Phi) is 2.09. The molecule has 1 aliphatic heterocycles. The third kappa shape index (κ3) is 1.58. The second kappa shape index (κ2) is 3.58. The van der Waals surface area contributed by atoms with Crippen molar-refractivity contribution in [2.75, 3.05) is 0 Å². The average Bonchev–Trinajstić information content (AvgIpc) is 2.48. The van der Waals surface area contributed by atoms with Gasteiger partial charge >= 0.3 is 0 Å². The van der Waals surface area contributed by atoms with Crippen molar-refractivity contribution in [3.8, 4) is 0 Å². The van der Waals surface area contributed by atoms with Crippen LogP contribution in [0.1, 0.15) is 24.0 Å². The van der Waals surface area contributed by atoms with E-state index in [0.717, 1.165) is 25.9 Å². The van der Waals surface area contributed by atoms with Gasteiger partial charge in [0.05, 0.1) is 0 Å². The highest BCUT2D eigenvalue weighted by atomic mass is 16.5. The van der Waals surface area contributed by atoms with E-state index in [1.807, 2.05) is 0 Å². The van der Waals surface area contributed by atoms with Crippen LogP contribution >= 0.6 is 0 Å². The first-order valence-corrected chi connectivity index (χ1v) is 5.51. The molecule has 1 heterocycles. The molecule has 1 aliphatic carbocycles. The average molecular weight is 198 g/mol. The van der Waals surface area contributed by atoms with Crippen molar-refractivity contribution in [2.45, 2.75) is 25.9 Å². The quantitative estimate of drug-likeness (QED) is 0.621. The molecule has 1 heteroatoms. The zero-order valence-corrected chi connectivity index (χ0v) is 8.70. The minimum Gasteiger partial charge on any atom is -0.493 e. The SMILES string of the molecule is C1=CC2=C(CC1)OCc1ccccc1C2. The summed E-state index contributed by atoms with van der Waals surface area (Å²) in [5, 5.41) is 0. The highest BCUT2D eigenvalue weighted by Gasteiger charge is 2.16. The van der Waals surface area contributed by atoms with Gasteiger partial charge in [0.2, 0.25) is 0 Å². The first-order valence-electron chi connectivity index (χ1n) is 5.51. The molecule has 0 saturated carbocycles. The van der Waals surface area contributed by atoms with Crippen molar-refractivity contribution >= 4 is 0 Å². The van der Waals surface area contributed by atoms with Crippen molar-refractivity contribution in [1.29, 1.82) is 0 Å². The van der Waals surface area contributed by atoms with E-state index in [9.17, 15) is 0 Å². The summed E-state index contributed by atoms with van der Waals surface area (Å²) < 4.78 is 5.86. The molecule has 3 rings (SSSR count). The molecule has 0 amide bonds. The van der Waals surface area contributed by atoms with Crippen molar-refractivity contribution < 1.29 is 4.74 Å². The lowest BCUT2D eigenvalue weighted by molar-refractivity contribution is 0.188. The van der Waals surface area contributed by atoms with Gasteiger partial charge in [-0.25, -0.2) is 0 Å². The van der Waals surface area contributed by atoms with Crippen LogP contribution in [0.5, 0.6) is 0 Å². The molecule has 76 valence electrons. The van der Waals surface area contributed by atoms with Crippen LogP contribution in [0.2, 0.25) is 0 Å². The summed E-state index contributed by atoms with van der Waals surface area (Å²) in [6.07, 6.45) is 7.69. The van der Waals surface area contributed by atoms with Crippen LogP contribution in [0.3, 0.4) is 0 Å². The fraction of sp³-hybridized carbons (Fsp3) is 0.286. The topological polar surface area (TPSA) is 9.23 Å². The van der Waals surface area contributed by atoms with E-state index < -0.39 is 0 Å². The third-order valence-corrected chi connectivity index (χ3v) is 3.12. The maximum absolute atomic E-state index is 5.86. The van der Waals surface area contributed by atoms with Crippen LogP contribution in [0.4, 0.5) is 0 Å². The second-order valence-electron chi connectivity index (χ2n) is 4.12. The number of benzene rings is 1. The van der Waals surface area contributed by atoms with Gasteiger partial charge in [0.15, 0.2) is 0 Å². The maximum atomic E-state index is 5.86. The maximum Gasteiger partial charge on any atom is 0.113 e. The minimum atomic E-state index is 0.739. The fourth-order valence-electron chi connectivity index (χ4n) is 2.26. The normalized spacial score (nSPS) is 18.9. The number of hydrogen-bond acceptors (Lipinski definition) is 1. The Morgan fingerprint density at radius 2 is 1.93 bits per heavy atom. The molecule has 0 unspecified atom stereocenters. The molecule has 1 nitrogen and oxygen atoms in total. The Balaban J connectivity index is 2.01. The van der Waals surface area contributed by atoms with Crippen LogP contribution in [0, 0.1) is 0 Å². The first kappa shape index (κ1) is 8.78. The summed E-state index contributed by atoms with van der Waals surface area (Å²) in [4.78, 5) is 0. The molecule has 0 bridgehead atoms. The van der Waals surface area contributed by atoms with Crippen LogP contribution < -0.4 is 0 Å². The molecule has 0 radical (unpaired) electrons. The van der Waals surface area contributed by atoms with E-state index >= 15 is 0 Å². The van der Waals surface area contributed by atoms with E-state index in [2.05, 4.69) is 36.4 Å². The Morgan fingerprint density at radius 1 is 1.07 bits per heavy atom. The van der Waals surface area contributed by atoms with E-state index in [4.69, 9.17) is 4.74 Å². The predicted octanol–water partition coefficient (Wildman–Crippen LogP) is 3.36. The third-order valence-electron chi connectivity index (χ3n) is 3.12.